The van der Waals surface area contributed by atoms with Gasteiger partial charge in [-0.25, -0.2) is 4.79 Å². The van der Waals surface area contributed by atoms with Gasteiger partial charge in [0.15, 0.2) is 5.60 Å². The predicted octanol–water partition coefficient (Wildman–Crippen LogP) is 2.17. The van der Waals surface area contributed by atoms with Crippen LogP contribution in [0.5, 0.6) is 0 Å². The molecule has 0 fully saturated rings. The number of hydrogen-bond donors (Lipinski definition) is 1. The topological polar surface area (TPSA) is 38.3 Å². The number of alkyl carbamates (subject to hydrolysis) is 1. The van der Waals surface area contributed by atoms with Crippen LogP contribution in [-0.2, 0) is 4.74 Å². The molecule has 3 heteroatoms. The van der Waals surface area contributed by atoms with E-state index < -0.39 is 11.7 Å². The Kier molecular flexibility index (Phi) is 5.07. The summed E-state index contributed by atoms with van der Waals surface area (Å²) in [7, 11) is 0. The second-order valence-corrected chi connectivity index (χ2v) is 3.89. The summed E-state index contributed by atoms with van der Waals surface area (Å²) < 4.78 is 5.10. The number of carbonyl (C=O) groups is 1. The van der Waals surface area contributed by atoms with Gasteiger partial charge in [0.1, 0.15) is 0 Å². The lowest BCUT2D eigenvalue weighted by Gasteiger charge is -2.22. The first kappa shape index (κ1) is 12.8. The number of rotatable bonds is 4. The van der Waals surface area contributed by atoms with Crippen LogP contribution in [0.15, 0.2) is 0 Å². The third-order valence-corrected chi connectivity index (χ3v) is 1.95. The van der Waals surface area contributed by atoms with E-state index in [2.05, 4.69) is 11.2 Å². The number of carbonyl (C=O) groups excluding carboxylic acids is 1. The zero-order valence-corrected chi connectivity index (χ0v) is 9.39. The van der Waals surface area contributed by atoms with E-state index in [-0.39, 0.29) is 0 Å². The van der Waals surface area contributed by atoms with E-state index in [0.717, 1.165) is 0 Å². The van der Waals surface area contributed by atoms with Crippen molar-refractivity contribution in [2.75, 3.05) is 6.54 Å². The Bertz CT molecular complexity index is 230. The van der Waals surface area contributed by atoms with Crippen LogP contribution in [0.4, 0.5) is 4.79 Å². The summed E-state index contributed by atoms with van der Waals surface area (Å²) >= 11 is 0. The van der Waals surface area contributed by atoms with E-state index in [1.165, 1.54) is 0 Å². The molecule has 14 heavy (non-hydrogen) atoms. The highest BCUT2D eigenvalue weighted by Crippen LogP contribution is 2.13. The van der Waals surface area contributed by atoms with E-state index in [1.54, 1.807) is 6.92 Å². The van der Waals surface area contributed by atoms with Crippen LogP contribution in [0.2, 0.25) is 0 Å². The van der Waals surface area contributed by atoms with Crippen LogP contribution in [0, 0.1) is 18.3 Å². The van der Waals surface area contributed by atoms with Crippen molar-refractivity contribution in [1.29, 1.82) is 0 Å². The lowest BCUT2D eigenvalue weighted by molar-refractivity contribution is 0.0631. The van der Waals surface area contributed by atoms with Gasteiger partial charge in [-0.1, -0.05) is 26.7 Å². The molecule has 0 aliphatic carbocycles. The minimum atomic E-state index is -0.791. The van der Waals surface area contributed by atoms with Crippen molar-refractivity contribution < 1.29 is 9.53 Å². The fraction of sp³-hybridized carbons (Fsp3) is 0.727. The van der Waals surface area contributed by atoms with E-state index in [1.807, 2.05) is 20.8 Å². The first-order valence-corrected chi connectivity index (χ1v) is 4.88. The van der Waals surface area contributed by atoms with Gasteiger partial charge in [0.25, 0.3) is 0 Å². The van der Waals surface area contributed by atoms with Crippen molar-refractivity contribution in [3.8, 4) is 12.3 Å². The van der Waals surface area contributed by atoms with Crippen LogP contribution in [0.25, 0.3) is 0 Å². The number of terminal acetylenes is 1. The van der Waals surface area contributed by atoms with Gasteiger partial charge in [0, 0.05) is 6.54 Å². The minimum Gasteiger partial charge on any atom is -0.430 e. The molecule has 0 aliphatic heterocycles. The molecule has 1 atom stereocenters. The van der Waals surface area contributed by atoms with Crippen molar-refractivity contribution in [2.24, 2.45) is 5.92 Å². The van der Waals surface area contributed by atoms with Gasteiger partial charge in [-0.15, -0.1) is 6.42 Å². The first-order valence-electron chi connectivity index (χ1n) is 4.88. The molecular formula is C11H19NO2. The van der Waals surface area contributed by atoms with Gasteiger partial charge in [0.2, 0.25) is 0 Å². The SMILES string of the molecule is C#CC(C)(CC)OC(=O)NCC(C)C. The molecule has 0 aromatic rings. The van der Waals surface area contributed by atoms with Crippen molar-refractivity contribution >= 4 is 6.09 Å². The molecule has 0 aromatic carbocycles. The molecule has 1 amide bonds. The van der Waals surface area contributed by atoms with Crippen LogP contribution >= 0.6 is 0 Å². The zero-order valence-electron chi connectivity index (χ0n) is 9.39. The Hall–Kier alpha value is -1.17. The largest absolute Gasteiger partial charge is 0.430 e. The van der Waals surface area contributed by atoms with Crippen LogP contribution < -0.4 is 5.32 Å². The highest BCUT2D eigenvalue weighted by Gasteiger charge is 2.23. The summed E-state index contributed by atoms with van der Waals surface area (Å²) in [6.07, 6.45) is 5.43. The molecule has 80 valence electrons. The van der Waals surface area contributed by atoms with Gasteiger partial charge in [-0.05, 0) is 19.3 Å². The normalized spacial score (nSPS) is 14.3. The lowest BCUT2D eigenvalue weighted by Crippen LogP contribution is -2.36. The van der Waals surface area contributed by atoms with Crippen LogP contribution in [-0.4, -0.2) is 18.2 Å². The Morgan fingerprint density at radius 1 is 1.64 bits per heavy atom. The summed E-state index contributed by atoms with van der Waals surface area (Å²) in [6.45, 7) is 8.24. The van der Waals surface area contributed by atoms with Gasteiger partial charge >= 0.3 is 6.09 Å². The number of ether oxygens (including phenoxy) is 1. The van der Waals surface area contributed by atoms with Crippen LogP contribution in [0.1, 0.15) is 34.1 Å². The Morgan fingerprint density at radius 3 is 2.57 bits per heavy atom. The highest BCUT2D eigenvalue weighted by molar-refractivity contribution is 5.68. The maximum atomic E-state index is 11.3. The van der Waals surface area contributed by atoms with Crippen molar-refractivity contribution in [3.63, 3.8) is 0 Å². The molecule has 0 aromatic heterocycles. The van der Waals surface area contributed by atoms with Crippen molar-refractivity contribution in [3.05, 3.63) is 0 Å². The van der Waals surface area contributed by atoms with Gasteiger partial charge in [-0.3, -0.25) is 0 Å². The van der Waals surface area contributed by atoms with E-state index in [9.17, 15) is 4.79 Å². The minimum absolute atomic E-state index is 0.404. The molecule has 0 radical (unpaired) electrons. The van der Waals surface area contributed by atoms with Gasteiger partial charge in [0.05, 0.1) is 0 Å². The first-order chi connectivity index (χ1) is 6.43. The van der Waals surface area contributed by atoms with Crippen molar-refractivity contribution in [1.82, 2.24) is 5.32 Å². The standard InChI is InChI=1S/C11H19NO2/c1-6-11(5,7-2)14-10(13)12-8-9(3)4/h1,9H,7-8H2,2-5H3,(H,12,13). The molecule has 0 saturated carbocycles. The molecule has 0 spiro atoms. The molecule has 0 rings (SSSR count). The van der Waals surface area contributed by atoms with E-state index in [0.29, 0.717) is 18.9 Å². The predicted molar refractivity (Wildman–Crippen MR) is 56.9 cm³/mol. The smallest absolute Gasteiger partial charge is 0.408 e. The lowest BCUT2D eigenvalue weighted by atomic mass is 10.1. The monoisotopic (exact) mass is 197 g/mol. The Morgan fingerprint density at radius 2 is 2.21 bits per heavy atom. The fourth-order valence-electron chi connectivity index (χ4n) is 0.732. The molecule has 0 heterocycles. The molecule has 0 bridgehead atoms. The highest BCUT2D eigenvalue weighted by atomic mass is 16.6. The maximum absolute atomic E-state index is 11.3. The molecule has 0 aliphatic rings. The number of amides is 1. The summed E-state index contributed by atoms with van der Waals surface area (Å²) in [5, 5.41) is 2.65. The number of hydrogen-bond acceptors (Lipinski definition) is 2. The van der Waals surface area contributed by atoms with Gasteiger partial charge in [-0.2, -0.15) is 0 Å². The molecular weight excluding hydrogens is 178 g/mol. The van der Waals surface area contributed by atoms with Crippen molar-refractivity contribution in [2.45, 2.75) is 39.7 Å². The third kappa shape index (κ3) is 4.76. The average Bonchev–Trinajstić information content (AvgIpc) is 2.14. The molecule has 3 nitrogen and oxygen atoms in total. The second kappa shape index (κ2) is 5.54. The summed E-state index contributed by atoms with van der Waals surface area (Å²) in [5.41, 5.74) is -0.791. The average molecular weight is 197 g/mol. The Balaban J connectivity index is 4.00. The fourth-order valence-corrected chi connectivity index (χ4v) is 0.732. The van der Waals surface area contributed by atoms with E-state index in [4.69, 9.17) is 11.2 Å². The van der Waals surface area contributed by atoms with Gasteiger partial charge < -0.3 is 10.1 Å². The summed E-state index contributed by atoms with van der Waals surface area (Å²) in [5.74, 6) is 2.87. The molecule has 1 unspecified atom stereocenters. The van der Waals surface area contributed by atoms with Crippen LogP contribution in [0.3, 0.4) is 0 Å². The molecule has 0 saturated heterocycles. The quantitative estimate of drug-likeness (QED) is 0.701. The Labute approximate surface area is 86.2 Å². The molecule has 1 N–H and O–H groups in total. The third-order valence-electron chi connectivity index (χ3n) is 1.95. The summed E-state index contributed by atoms with van der Waals surface area (Å²) in [6, 6.07) is 0. The second-order valence-electron chi connectivity index (χ2n) is 3.89. The summed E-state index contributed by atoms with van der Waals surface area (Å²) in [4.78, 5) is 11.3. The van der Waals surface area contributed by atoms with E-state index >= 15 is 0 Å². The number of nitrogens with one attached hydrogen (secondary N) is 1. The zero-order chi connectivity index (χ0) is 11.2. The maximum Gasteiger partial charge on any atom is 0.408 e.